The standard InChI is InChI=1S/C12H16F2N2O3S/c1-19-8-4-6-16(7-5-8)20(17,18)10-3-2-9(13)12(15)11(10)14/h2-3,8H,4-7,15H2,1H3. The molecule has 20 heavy (non-hydrogen) atoms. The van der Waals surface area contributed by atoms with Crippen LogP contribution in [0.25, 0.3) is 0 Å². The first-order valence-electron chi connectivity index (χ1n) is 6.14. The predicted molar refractivity (Wildman–Crippen MR) is 69.6 cm³/mol. The Morgan fingerprint density at radius 1 is 1.30 bits per heavy atom. The zero-order valence-electron chi connectivity index (χ0n) is 11.0. The van der Waals surface area contributed by atoms with E-state index in [0.717, 1.165) is 16.4 Å². The van der Waals surface area contributed by atoms with Crippen LogP contribution in [0.1, 0.15) is 12.8 Å². The third kappa shape index (κ3) is 2.63. The van der Waals surface area contributed by atoms with Crippen molar-refractivity contribution in [3.63, 3.8) is 0 Å². The number of ether oxygens (including phenoxy) is 1. The van der Waals surface area contributed by atoms with Gasteiger partial charge in [0.2, 0.25) is 10.0 Å². The molecule has 0 unspecified atom stereocenters. The molecule has 0 aliphatic carbocycles. The molecule has 1 fully saturated rings. The summed E-state index contributed by atoms with van der Waals surface area (Å²) in [4.78, 5) is -0.590. The van der Waals surface area contributed by atoms with E-state index in [1.54, 1.807) is 7.11 Å². The second-order valence-electron chi connectivity index (χ2n) is 4.61. The Hall–Kier alpha value is -1.25. The Kier molecular flexibility index (Phi) is 4.26. The van der Waals surface area contributed by atoms with Gasteiger partial charge in [0, 0.05) is 20.2 Å². The molecule has 0 radical (unpaired) electrons. The lowest BCUT2D eigenvalue weighted by Crippen LogP contribution is -2.40. The van der Waals surface area contributed by atoms with E-state index < -0.39 is 32.2 Å². The fraction of sp³-hybridized carbons (Fsp3) is 0.500. The van der Waals surface area contributed by atoms with E-state index in [1.165, 1.54) is 0 Å². The number of hydrogen-bond acceptors (Lipinski definition) is 4. The normalized spacial score (nSPS) is 18.4. The minimum atomic E-state index is -4.01. The second kappa shape index (κ2) is 5.63. The van der Waals surface area contributed by atoms with E-state index in [-0.39, 0.29) is 19.2 Å². The van der Waals surface area contributed by atoms with E-state index in [9.17, 15) is 17.2 Å². The highest BCUT2D eigenvalue weighted by atomic mass is 32.2. The molecule has 2 rings (SSSR count). The molecule has 0 aromatic heterocycles. The van der Waals surface area contributed by atoms with Crippen LogP contribution in [-0.2, 0) is 14.8 Å². The van der Waals surface area contributed by atoms with Crippen LogP contribution in [0.15, 0.2) is 17.0 Å². The van der Waals surface area contributed by atoms with E-state index in [0.29, 0.717) is 12.8 Å². The summed E-state index contributed by atoms with van der Waals surface area (Å²) in [6.07, 6.45) is 1.08. The summed E-state index contributed by atoms with van der Waals surface area (Å²) in [5.41, 5.74) is 4.42. The van der Waals surface area contributed by atoms with Gasteiger partial charge in [-0.1, -0.05) is 0 Å². The molecule has 1 aliphatic rings. The highest BCUT2D eigenvalue weighted by Gasteiger charge is 2.32. The first kappa shape index (κ1) is 15.1. The molecule has 0 bridgehead atoms. The van der Waals surface area contributed by atoms with Gasteiger partial charge in [-0.25, -0.2) is 17.2 Å². The van der Waals surface area contributed by atoms with Crippen molar-refractivity contribution in [1.82, 2.24) is 4.31 Å². The minimum Gasteiger partial charge on any atom is -0.394 e. The van der Waals surface area contributed by atoms with Crippen molar-refractivity contribution in [1.29, 1.82) is 0 Å². The Balaban J connectivity index is 2.30. The molecule has 1 aromatic carbocycles. The molecule has 1 aliphatic heterocycles. The van der Waals surface area contributed by atoms with Crippen molar-refractivity contribution < 1.29 is 21.9 Å². The quantitative estimate of drug-likeness (QED) is 0.856. The van der Waals surface area contributed by atoms with E-state index in [2.05, 4.69) is 0 Å². The minimum absolute atomic E-state index is 0.00424. The van der Waals surface area contributed by atoms with Gasteiger partial charge in [-0.3, -0.25) is 0 Å². The summed E-state index contributed by atoms with van der Waals surface area (Å²) < 4.78 is 57.9. The fourth-order valence-electron chi connectivity index (χ4n) is 2.20. The van der Waals surface area contributed by atoms with Crippen molar-refractivity contribution in [3.8, 4) is 0 Å². The summed E-state index contributed by atoms with van der Waals surface area (Å²) in [5.74, 6) is -2.21. The Morgan fingerprint density at radius 3 is 2.45 bits per heavy atom. The number of hydrogen-bond donors (Lipinski definition) is 1. The summed E-state index contributed by atoms with van der Waals surface area (Å²) in [6, 6.07) is 1.76. The van der Waals surface area contributed by atoms with Crippen LogP contribution in [-0.4, -0.2) is 39.0 Å². The number of benzene rings is 1. The average Bonchev–Trinajstić information content (AvgIpc) is 2.44. The zero-order chi connectivity index (χ0) is 14.9. The molecule has 1 saturated heterocycles. The lowest BCUT2D eigenvalue weighted by atomic mass is 10.1. The molecule has 0 spiro atoms. The predicted octanol–water partition coefficient (Wildman–Crippen LogP) is 1.35. The maximum absolute atomic E-state index is 13.9. The molecule has 1 heterocycles. The molecular formula is C12H16F2N2O3S. The molecular weight excluding hydrogens is 290 g/mol. The van der Waals surface area contributed by atoms with Gasteiger partial charge >= 0.3 is 0 Å². The molecule has 8 heteroatoms. The maximum atomic E-state index is 13.9. The summed E-state index contributed by atoms with van der Waals surface area (Å²) in [6.45, 7) is 0.467. The lowest BCUT2D eigenvalue weighted by Gasteiger charge is -2.30. The zero-order valence-corrected chi connectivity index (χ0v) is 11.8. The Morgan fingerprint density at radius 2 is 1.90 bits per heavy atom. The van der Waals surface area contributed by atoms with Crippen LogP contribution >= 0.6 is 0 Å². The number of halogens is 2. The highest BCUT2D eigenvalue weighted by molar-refractivity contribution is 7.89. The van der Waals surface area contributed by atoms with Crippen molar-refractivity contribution in [2.24, 2.45) is 0 Å². The largest absolute Gasteiger partial charge is 0.394 e. The highest BCUT2D eigenvalue weighted by Crippen LogP contribution is 2.27. The number of piperidine rings is 1. The smallest absolute Gasteiger partial charge is 0.246 e. The molecule has 112 valence electrons. The van der Waals surface area contributed by atoms with Gasteiger partial charge in [0.15, 0.2) is 5.82 Å². The van der Waals surface area contributed by atoms with Crippen LogP contribution in [0.4, 0.5) is 14.5 Å². The first-order chi connectivity index (χ1) is 9.37. The van der Waals surface area contributed by atoms with Crippen LogP contribution < -0.4 is 5.73 Å². The fourth-order valence-corrected chi connectivity index (χ4v) is 3.74. The van der Waals surface area contributed by atoms with Gasteiger partial charge in [0.05, 0.1) is 6.10 Å². The van der Waals surface area contributed by atoms with Crippen molar-refractivity contribution in [2.75, 3.05) is 25.9 Å². The second-order valence-corrected chi connectivity index (χ2v) is 6.52. The molecule has 0 atom stereocenters. The number of nitrogens with zero attached hydrogens (tertiary/aromatic N) is 1. The van der Waals surface area contributed by atoms with Gasteiger partial charge in [-0.2, -0.15) is 4.31 Å². The Bertz CT molecular complexity index is 599. The van der Waals surface area contributed by atoms with Gasteiger partial charge in [0.1, 0.15) is 16.4 Å². The number of sulfonamides is 1. The van der Waals surface area contributed by atoms with Gasteiger partial charge < -0.3 is 10.5 Å². The number of methoxy groups -OCH3 is 1. The van der Waals surface area contributed by atoms with Gasteiger partial charge in [0.25, 0.3) is 0 Å². The molecule has 2 N–H and O–H groups in total. The number of nitrogens with two attached hydrogens (primary N) is 1. The third-order valence-corrected chi connectivity index (χ3v) is 5.36. The molecule has 5 nitrogen and oxygen atoms in total. The van der Waals surface area contributed by atoms with E-state index in [4.69, 9.17) is 10.5 Å². The third-order valence-electron chi connectivity index (χ3n) is 3.44. The monoisotopic (exact) mass is 306 g/mol. The molecule has 0 amide bonds. The molecule has 0 saturated carbocycles. The average molecular weight is 306 g/mol. The Labute approximate surface area is 116 Å². The van der Waals surface area contributed by atoms with Gasteiger partial charge in [-0.15, -0.1) is 0 Å². The van der Waals surface area contributed by atoms with Crippen molar-refractivity contribution >= 4 is 15.7 Å². The molecule has 1 aromatic rings. The summed E-state index contributed by atoms with van der Waals surface area (Å²) in [7, 11) is -2.44. The van der Waals surface area contributed by atoms with Crippen molar-refractivity contribution in [2.45, 2.75) is 23.8 Å². The van der Waals surface area contributed by atoms with E-state index in [1.807, 2.05) is 0 Å². The number of rotatable bonds is 3. The van der Waals surface area contributed by atoms with E-state index >= 15 is 0 Å². The van der Waals surface area contributed by atoms with Crippen LogP contribution in [0.3, 0.4) is 0 Å². The van der Waals surface area contributed by atoms with Crippen molar-refractivity contribution in [3.05, 3.63) is 23.8 Å². The first-order valence-corrected chi connectivity index (χ1v) is 7.58. The number of nitrogen functional groups attached to an aromatic ring is 1. The summed E-state index contributed by atoms with van der Waals surface area (Å²) in [5, 5.41) is 0. The maximum Gasteiger partial charge on any atom is 0.246 e. The van der Waals surface area contributed by atoms with Crippen LogP contribution in [0.5, 0.6) is 0 Å². The topological polar surface area (TPSA) is 72.6 Å². The number of anilines is 1. The SMILES string of the molecule is COC1CCN(S(=O)(=O)c2ccc(F)c(N)c2F)CC1. The van der Waals surface area contributed by atoms with Crippen LogP contribution in [0.2, 0.25) is 0 Å². The summed E-state index contributed by atoms with van der Waals surface area (Å²) >= 11 is 0. The van der Waals surface area contributed by atoms with Gasteiger partial charge in [-0.05, 0) is 25.0 Å². The van der Waals surface area contributed by atoms with Crippen LogP contribution in [0, 0.1) is 11.6 Å². The lowest BCUT2D eigenvalue weighted by molar-refractivity contribution is 0.0604.